The highest BCUT2D eigenvalue weighted by molar-refractivity contribution is 5.95. The summed E-state index contributed by atoms with van der Waals surface area (Å²) in [6.07, 6.45) is 5.07. The number of carbonyl (C=O) groups is 2. The van der Waals surface area contributed by atoms with Gasteiger partial charge in [-0.2, -0.15) is 0 Å². The topological polar surface area (TPSA) is 109 Å². The van der Waals surface area contributed by atoms with Gasteiger partial charge in [-0.3, -0.25) is 15.0 Å². The van der Waals surface area contributed by atoms with Gasteiger partial charge in [0.15, 0.2) is 0 Å². The van der Waals surface area contributed by atoms with Crippen molar-refractivity contribution in [1.29, 1.82) is 5.41 Å². The second-order valence-corrected chi connectivity index (χ2v) is 8.14. The lowest BCUT2D eigenvalue weighted by Gasteiger charge is -2.34. The summed E-state index contributed by atoms with van der Waals surface area (Å²) >= 11 is 0. The average molecular weight is 401 g/mol. The Balaban J connectivity index is 1.38. The van der Waals surface area contributed by atoms with Crippen LogP contribution in [0.5, 0.6) is 0 Å². The number of hydrogen-bond donors (Lipinski definition) is 3. The molecule has 1 saturated carbocycles. The highest BCUT2D eigenvalue weighted by Gasteiger charge is 2.30. The Morgan fingerprint density at radius 3 is 2.21 bits per heavy atom. The van der Waals surface area contributed by atoms with Crippen molar-refractivity contribution in [3.05, 3.63) is 29.8 Å². The van der Waals surface area contributed by atoms with E-state index in [1.54, 1.807) is 0 Å². The molecule has 0 atom stereocenters. The van der Waals surface area contributed by atoms with Crippen molar-refractivity contribution in [2.45, 2.75) is 44.6 Å². The van der Waals surface area contributed by atoms with Crippen molar-refractivity contribution in [1.82, 2.24) is 5.32 Å². The molecule has 1 aliphatic heterocycles. The number of methoxy groups -OCH3 is 1. The quantitative estimate of drug-likeness (QED) is 0.367. The molecular weight excluding hydrogens is 368 g/mol. The second kappa shape index (κ2) is 9.87. The van der Waals surface area contributed by atoms with Gasteiger partial charge in [-0.05, 0) is 62.8 Å². The van der Waals surface area contributed by atoms with E-state index >= 15 is 0 Å². The molecule has 3 rings (SSSR count). The van der Waals surface area contributed by atoms with Gasteiger partial charge in [-0.15, -0.1) is 0 Å². The predicted molar refractivity (Wildman–Crippen MR) is 113 cm³/mol. The monoisotopic (exact) mass is 400 g/mol. The number of nitrogens with two attached hydrogens (primary N) is 1. The minimum atomic E-state index is -0.142. The van der Waals surface area contributed by atoms with Gasteiger partial charge >= 0.3 is 5.97 Å². The molecule has 158 valence electrons. The molecule has 0 aromatic heterocycles. The summed E-state index contributed by atoms with van der Waals surface area (Å²) in [6, 6.07) is 8.15. The molecule has 1 aromatic carbocycles. The maximum absolute atomic E-state index is 12.5. The van der Waals surface area contributed by atoms with Gasteiger partial charge in [0.25, 0.3) is 0 Å². The van der Waals surface area contributed by atoms with Gasteiger partial charge in [-0.1, -0.05) is 0 Å². The normalized spacial score (nSPS) is 22.9. The summed E-state index contributed by atoms with van der Waals surface area (Å²) in [5, 5.41) is 10.9. The zero-order valence-electron chi connectivity index (χ0n) is 17.2. The van der Waals surface area contributed by atoms with Crippen LogP contribution in [0.15, 0.2) is 24.3 Å². The fraction of sp³-hybridized carbons (Fsp3) is 0.591. The summed E-state index contributed by atoms with van der Waals surface area (Å²) in [7, 11) is 1.43. The molecule has 7 nitrogen and oxygen atoms in total. The number of ketones is 1. The van der Waals surface area contributed by atoms with Crippen molar-refractivity contribution in [2.75, 3.05) is 31.6 Å². The number of nitrogens with one attached hydrogen (secondary N) is 2. The Morgan fingerprint density at radius 2 is 1.66 bits per heavy atom. The van der Waals surface area contributed by atoms with E-state index in [2.05, 4.69) is 10.2 Å². The van der Waals surface area contributed by atoms with E-state index in [1.165, 1.54) is 7.11 Å². The third kappa shape index (κ3) is 5.56. The van der Waals surface area contributed by atoms with E-state index in [9.17, 15) is 9.59 Å². The molecule has 0 bridgehead atoms. The van der Waals surface area contributed by atoms with Crippen molar-refractivity contribution in [3.8, 4) is 0 Å². The zero-order valence-corrected chi connectivity index (χ0v) is 17.2. The van der Waals surface area contributed by atoms with Gasteiger partial charge < -0.3 is 20.7 Å². The van der Waals surface area contributed by atoms with E-state index in [1.807, 2.05) is 24.3 Å². The molecule has 29 heavy (non-hydrogen) atoms. The minimum Gasteiger partial charge on any atom is -0.469 e. The fourth-order valence-electron chi connectivity index (χ4n) is 4.40. The van der Waals surface area contributed by atoms with Gasteiger partial charge in [0.1, 0.15) is 11.6 Å². The molecule has 7 heteroatoms. The van der Waals surface area contributed by atoms with Gasteiger partial charge in [0.2, 0.25) is 0 Å². The molecule has 1 saturated heterocycles. The molecule has 0 amide bonds. The van der Waals surface area contributed by atoms with E-state index in [-0.39, 0.29) is 29.4 Å². The molecular formula is C22H32N4O3. The summed E-state index contributed by atoms with van der Waals surface area (Å²) < 4.78 is 4.81. The summed E-state index contributed by atoms with van der Waals surface area (Å²) in [5.41, 5.74) is 7.40. The lowest BCUT2D eigenvalue weighted by Crippen LogP contribution is -2.45. The summed E-state index contributed by atoms with van der Waals surface area (Å²) in [6.45, 7) is 2.30. The first-order valence-corrected chi connectivity index (χ1v) is 10.5. The lowest BCUT2D eigenvalue weighted by molar-refractivity contribution is -0.147. The molecule has 1 heterocycles. The molecule has 1 aromatic rings. The van der Waals surface area contributed by atoms with E-state index in [0.717, 1.165) is 62.9 Å². The first-order valence-electron chi connectivity index (χ1n) is 10.5. The van der Waals surface area contributed by atoms with E-state index < -0.39 is 0 Å². The first-order chi connectivity index (χ1) is 14.0. The third-order valence-electron chi connectivity index (χ3n) is 6.32. The Labute approximate surface area is 172 Å². The van der Waals surface area contributed by atoms with Crippen LogP contribution in [0.2, 0.25) is 0 Å². The van der Waals surface area contributed by atoms with Crippen LogP contribution in [-0.2, 0) is 14.3 Å². The van der Waals surface area contributed by atoms with Crippen molar-refractivity contribution in [2.24, 2.45) is 17.6 Å². The molecule has 0 radical (unpaired) electrons. The number of benzene rings is 1. The van der Waals surface area contributed by atoms with Crippen LogP contribution in [0.25, 0.3) is 0 Å². The number of hydrogen-bond acceptors (Lipinski definition) is 6. The summed E-state index contributed by atoms with van der Waals surface area (Å²) in [5.74, 6) is 0.254. The maximum Gasteiger partial charge on any atom is 0.308 e. The first kappa shape index (κ1) is 21.3. The largest absolute Gasteiger partial charge is 0.469 e. The van der Waals surface area contributed by atoms with Crippen LogP contribution in [-0.4, -0.2) is 50.4 Å². The molecule has 2 fully saturated rings. The third-order valence-corrected chi connectivity index (χ3v) is 6.32. The van der Waals surface area contributed by atoms with E-state index in [4.69, 9.17) is 15.9 Å². The lowest BCUT2D eigenvalue weighted by atomic mass is 9.80. The summed E-state index contributed by atoms with van der Waals surface area (Å²) in [4.78, 5) is 26.5. The molecule has 2 aliphatic rings. The van der Waals surface area contributed by atoms with E-state index in [0.29, 0.717) is 12.6 Å². The number of ether oxygens (including phenoxy) is 1. The van der Waals surface area contributed by atoms with Crippen LogP contribution < -0.4 is 16.0 Å². The number of nitrogens with zero attached hydrogens (tertiary/aromatic N) is 1. The number of piperidine rings is 1. The number of nitrogen functional groups attached to an aromatic ring is 1. The standard InChI is InChI=1S/C22H32N4O3/c1-29-22(28)17-4-2-15(3-5-17)20(27)14-25-18-10-12-26(13-11-18)19-8-6-16(7-9-19)21(23)24/h6-9,15,17-18,25H,2-5,10-14H2,1H3,(H3,23,24). The average Bonchev–Trinajstić information content (AvgIpc) is 2.77. The highest BCUT2D eigenvalue weighted by atomic mass is 16.5. The maximum atomic E-state index is 12.5. The number of esters is 1. The van der Waals surface area contributed by atoms with Crippen LogP contribution in [0, 0.1) is 17.2 Å². The Morgan fingerprint density at radius 1 is 1.07 bits per heavy atom. The van der Waals surface area contributed by atoms with Crippen LogP contribution in [0.1, 0.15) is 44.1 Å². The number of anilines is 1. The molecule has 1 aliphatic carbocycles. The Kier molecular flexibility index (Phi) is 7.25. The fourth-order valence-corrected chi connectivity index (χ4v) is 4.40. The molecule has 0 spiro atoms. The molecule has 4 N–H and O–H groups in total. The van der Waals surface area contributed by atoms with Gasteiger partial charge in [0.05, 0.1) is 19.6 Å². The molecule has 0 unspecified atom stereocenters. The van der Waals surface area contributed by atoms with Gasteiger partial charge in [0, 0.05) is 36.3 Å². The SMILES string of the molecule is COC(=O)C1CCC(C(=O)CNC2CCN(c3ccc(C(=N)N)cc3)CC2)CC1. The van der Waals surface area contributed by atoms with Crippen LogP contribution in [0.3, 0.4) is 0 Å². The minimum absolute atomic E-state index is 0.0363. The van der Waals surface area contributed by atoms with Crippen molar-refractivity contribution >= 4 is 23.3 Å². The smallest absolute Gasteiger partial charge is 0.308 e. The Hall–Kier alpha value is -2.41. The van der Waals surface area contributed by atoms with Crippen LogP contribution >= 0.6 is 0 Å². The highest BCUT2D eigenvalue weighted by Crippen LogP contribution is 2.30. The van der Waals surface area contributed by atoms with Crippen molar-refractivity contribution < 1.29 is 14.3 Å². The van der Waals surface area contributed by atoms with Crippen molar-refractivity contribution in [3.63, 3.8) is 0 Å². The number of amidine groups is 1. The number of carbonyl (C=O) groups excluding carboxylic acids is 2. The van der Waals surface area contributed by atoms with Gasteiger partial charge in [-0.25, -0.2) is 0 Å². The second-order valence-electron chi connectivity index (χ2n) is 8.14. The number of rotatable bonds is 7. The van der Waals surface area contributed by atoms with Crippen LogP contribution in [0.4, 0.5) is 5.69 Å². The number of Topliss-reactive ketones (excluding diaryl/α,β-unsaturated/α-hetero) is 1. The Bertz CT molecular complexity index is 718. The predicted octanol–water partition coefficient (Wildman–Crippen LogP) is 2.08. The zero-order chi connectivity index (χ0) is 20.8.